The van der Waals surface area contributed by atoms with Gasteiger partial charge in [0.2, 0.25) is 0 Å². The van der Waals surface area contributed by atoms with E-state index in [1.165, 1.54) is 12.8 Å². The first-order valence-electron chi connectivity index (χ1n) is 5.32. The molecule has 0 unspecified atom stereocenters. The molecule has 1 aromatic rings. The van der Waals surface area contributed by atoms with Gasteiger partial charge in [-0.15, -0.1) is 0 Å². The van der Waals surface area contributed by atoms with Crippen LogP contribution in [-0.2, 0) is 0 Å². The average Bonchev–Trinajstić information content (AvgIpc) is 2.81. The lowest BCUT2D eigenvalue weighted by atomic mass is 10.2. The molecule has 3 heteroatoms. The largest absolute Gasteiger partial charge is 0.493 e. The summed E-state index contributed by atoms with van der Waals surface area (Å²) in [5.41, 5.74) is 1.15. The molecule has 1 fully saturated rings. The van der Waals surface area contributed by atoms with Crippen LogP contribution in [0.4, 0.5) is 5.69 Å². The zero-order valence-corrected chi connectivity index (χ0v) is 9.32. The molecule has 0 radical (unpaired) electrons. The SMILES string of the molecule is COc1cccc(N2CCCC2)c1OC. The summed E-state index contributed by atoms with van der Waals surface area (Å²) in [5.74, 6) is 1.66. The molecular weight excluding hydrogens is 190 g/mol. The number of methoxy groups -OCH3 is 2. The number of rotatable bonds is 3. The van der Waals surface area contributed by atoms with Gasteiger partial charge in [-0.25, -0.2) is 0 Å². The summed E-state index contributed by atoms with van der Waals surface area (Å²) >= 11 is 0. The van der Waals surface area contributed by atoms with Gasteiger partial charge >= 0.3 is 0 Å². The molecule has 0 aliphatic carbocycles. The van der Waals surface area contributed by atoms with E-state index in [2.05, 4.69) is 11.0 Å². The predicted molar refractivity (Wildman–Crippen MR) is 61.0 cm³/mol. The first-order chi connectivity index (χ1) is 7.36. The second kappa shape index (κ2) is 4.43. The summed E-state index contributed by atoms with van der Waals surface area (Å²) in [6, 6.07) is 6.03. The molecule has 1 aliphatic heterocycles. The van der Waals surface area contributed by atoms with Crippen LogP contribution in [0.15, 0.2) is 18.2 Å². The van der Waals surface area contributed by atoms with Gasteiger partial charge in [0.1, 0.15) is 0 Å². The van der Waals surface area contributed by atoms with E-state index in [0.717, 1.165) is 30.3 Å². The number of anilines is 1. The Morgan fingerprint density at radius 1 is 1.07 bits per heavy atom. The van der Waals surface area contributed by atoms with Gasteiger partial charge in [0.05, 0.1) is 19.9 Å². The Kier molecular flexibility index (Phi) is 2.99. The van der Waals surface area contributed by atoms with Gasteiger partial charge in [-0.2, -0.15) is 0 Å². The van der Waals surface area contributed by atoms with Gasteiger partial charge in [0.25, 0.3) is 0 Å². The van der Waals surface area contributed by atoms with Crippen LogP contribution in [0.3, 0.4) is 0 Å². The first-order valence-corrected chi connectivity index (χ1v) is 5.32. The van der Waals surface area contributed by atoms with Crippen molar-refractivity contribution in [3.05, 3.63) is 18.2 Å². The molecule has 0 N–H and O–H groups in total. The lowest BCUT2D eigenvalue weighted by molar-refractivity contribution is 0.355. The van der Waals surface area contributed by atoms with Crippen LogP contribution in [-0.4, -0.2) is 27.3 Å². The summed E-state index contributed by atoms with van der Waals surface area (Å²) in [6.07, 6.45) is 2.53. The van der Waals surface area contributed by atoms with E-state index in [0.29, 0.717) is 0 Å². The summed E-state index contributed by atoms with van der Waals surface area (Å²) in [6.45, 7) is 2.23. The Morgan fingerprint density at radius 3 is 2.40 bits per heavy atom. The first kappa shape index (κ1) is 10.1. The minimum atomic E-state index is 0.807. The Bertz CT molecular complexity index is 332. The number of para-hydroxylation sites is 1. The number of hydrogen-bond donors (Lipinski definition) is 0. The van der Waals surface area contributed by atoms with Crippen LogP contribution in [0.2, 0.25) is 0 Å². The van der Waals surface area contributed by atoms with Crippen molar-refractivity contribution in [3.63, 3.8) is 0 Å². The molecule has 0 spiro atoms. The molecule has 0 amide bonds. The fourth-order valence-corrected chi connectivity index (χ4v) is 2.08. The monoisotopic (exact) mass is 207 g/mol. The summed E-state index contributed by atoms with van der Waals surface area (Å²) in [4.78, 5) is 2.35. The molecule has 1 saturated heterocycles. The number of benzene rings is 1. The Morgan fingerprint density at radius 2 is 1.80 bits per heavy atom. The second-order valence-corrected chi connectivity index (χ2v) is 3.71. The highest BCUT2D eigenvalue weighted by Crippen LogP contribution is 2.38. The third-order valence-corrected chi connectivity index (χ3v) is 2.83. The number of ether oxygens (including phenoxy) is 2. The van der Waals surface area contributed by atoms with Crippen molar-refractivity contribution in [2.75, 3.05) is 32.2 Å². The fourth-order valence-electron chi connectivity index (χ4n) is 2.08. The van der Waals surface area contributed by atoms with E-state index in [1.54, 1.807) is 14.2 Å². The van der Waals surface area contributed by atoms with Gasteiger partial charge in [0, 0.05) is 13.1 Å². The van der Waals surface area contributed by atoms with E-state index in [4.69, 9.17) is 9.47 Å². The van der Waals surface area contributed by atoms with E-state index >= 15 is 0 Å². The van der Waals surface area contributed by atoms with E-state index < -0.39 is 0 Å². The normalized spacial score (nSPS) is 15.5. The van der Waals surface area contributed by atoms with Gasteiger partial charge in [-0.1, -0.05) is 6.07 Å². The van der Waals surface area contributed by atoms with Gasteiger partial charge in [-0.05, 0) is 25.0 Å². The molecule has 15 heavy (non-hydrogen) atoms. The van der Waals surface area contributed by atoms with Crippen LogP contribution < -0.4 is 14.4 Å². The van der Waals surface area contributed by atoms with Crippen LogP contribution in [0, 0.1) is 0 Å². The van der Waals surface area contributed by atoms with Crippen molar-refractivity contribution >= 4 is 5.69 Å². The van der Waals surface area contributed by atoms with Crippen LogP contribution in [0.25, 0.3) is 0 Å². The smallest absolute Gasteiger partial charge is 0.184 e. The van der Waals surface area contributed by atoms with Gasteiger partial charge < -0.3 is 14.4 Å². The highest BCUT2D eigenvalue weighted by molar-refractivity contribution is 5.65. The second-order valence-electron chi connectivity index (χ2n) is 3.71. The van der Waals surface area contributed by atoms with Crippen molar-refractivity contribution in [2.24, 2.45) is 0 Å². The minimum absolute atomic E-state index is 0.807. The number of nitrogens with zero attached hydrogens (tertiary/aromatic N) is 1. The quantitative estimate of drug-likeness (QED) is 0.759. The molecule has 1 aliphatic rings. The maximum absolute atomic E-state index is 5.41. The molecular formula is C12H17NO2. The Hall–Kier alpha value is -1.38. The Labute approximate surface area is 90.6 Å². The van der Waals surface area contributed by atoms with Crippen molar-refractivity contribution in [3.8, 4) is 11.5 Å². The van der Waals surface area contributed by atoms with E-state index in [1.807, 2.05) is 12.1 Å². The highest BCUT2D eigenvalue weighted by atomic mass is 16.5. The maximum Gasteiger partial charge on any atom is 0.184 e. The zero-order valence-electron chi connectivity index (χ0n) is 9.32. The lowest BCUT2D eigenvalue weighted by Crippen LogP contribution is -2.18. The van der Waals surface area contributed by atoms with Crippen molar-refractivity contribution in [2.45, 2.75) is 12.8 Å². The summed E-state index contributed by atoms with van der Waals surface area (Å²) < 4.78 is 10.7. The number of hydrogen-bond acceptors (Lipinski definition) is 3. The molecule has 1 heterocycles. The topological polar surface area (TPSA) is 21.7 Å². The van der Waals surface area contributed by atoms with E-state index in [9.17, 15) is 0 Å². The van der Waals surface area contributed by atoms with Crippen molar-refractivity contribution < 1.29 is 9.47 Å². The van der Waals surface area contributed by atoms with Crippen LogP contribution in [0.5, 0.6) is 11.5 Å². The van der Waals surface area contributed by atoms with Gasteiger partial charge in [0.15, 0.2) is 11.5 Å². The summed E-state index contributed by atoms with van der Waals surface area (Å²) in [7, 11) is 3.36. The van der Waals surface area contributed by atoms with E-state index in [-0.39, 0.29) is 0 Å². The van der Waals surface area contributed by atoms with Gasteiger partial charge in [-0.3, -0.25) is 0 Å². The molecule has 3 nitrogen and oxygen atoms in total. The zero-order chi connectivity index (χ0) is 10.7. The summed E-state index contributed by atoms with van der Waals surface area (Å²) in [5, 5.41) is 0. The third kappa shape index (κ3) is 1.87. The third-order valence-electron chi connectivity index (χ3n) is 2.83. The Balaban J connectivity index is 2.36. The molecule has 1 aromatic carbocycles. The standard InChI is InChI=1S/C12H17NO2/c1-14-11-7-5-6-10(12(11)15-2)13-8-3-4-9-13/h5-7H,3-4,8-9H2,1-2H3. The van der Waals surface area contributed by atoms with Crippen molar-refractivity contribution in [1.29, 1.82) is 0 Å². The molecule has 82 valence electrons. The average molecular weight is 207 g/mol. The van der Waals surface area contributed by atoms with Crippen molar-refractivity contribution in [1.82, 2.24) is 0 Å². The molecule has 0 aromatic heterocycles. The highest BCUT2D eigenvalue weighted by Gasteiger charge is 2.18. The molecule has 2 rings (SSSR count). The molecule has 0 atom stereocenters. The lowest BCUT2D eigenvalue weighted by Gasteiger charge is -2.21. The van der Waals surface area contributed by atoms with Crippen LogP contribution >= 0.6 is 0 Å². The van der Waals surface area contributed by atoms with Crippen LogP contribution in [0.1, 0.15) is 12.8 Å². The molecule has 0 saturated carbocycles. The maximum atomic E-state index is 5.41. The fraction of sp³-hybridized carbons (Fsp3) is 0.500. The molecule has 0 bridgehead atoms. The predicted octanol–water partition coefficient (Wildman–Crippen LogP) is 2.30. The minimum Gasteiger partial charge on any atom is -0.493 e.